The molecule has 0 fully saturated rings. The predicted octanol–water partition coefficient (Wildman–Crippen LogP) is 3.46. The largest absolute Gasteiger partial charge is 0.213 e. The van der Waals surface area contributed by atoms with Gasteiger partial charge in [-0.1, -0.05) is 72.5 Å². The average molecular weight is 247 g/mol. The van der Waals surface area contributed by atoms with Gasteiger partial charge in [0.2, 0.25) is 0 Å². The topological polar surface area (TPSA) is 30.7 Å². The first-order chi connectivity index (χ1) is 9.36. The molecule has 0 aliphatic rings. The van der Waals surface area contributed by atoms with Gasteiger partial charge < -0.3 is 0 Å². The van der Waals surface area contributed by atoms with Crippen LogP contribution in [0.15, 0.2) is 73.4 Å². The van der Waals surface area contributed by atoms with Crippen LogP contribution in [0.25, 0.3) is 17.0 Å². The van der Waals surface area contributed by atoms with Crippen LogP contribution >= 0.6 is 0 Å². The molecule has 3 rings (SSSR count). The monoisotopic (exact) mass is 247 g/mol. The van der Waals surface area contributed by atoms with Crippen LogP contribution in [0, 0.1) is 0 Å². The molecule has 0 radical (unpaired) electrons. The maximum atomic E-state index is 4.14. The third-order valence-electron chi connectivity index (χ3n) is 2.98. The first kappa shape index (κ1) is 11.4. The lowest BCUT2D eigenvalue weighted by Gasteiger charge is -2.09. The number of aromatic nitrogens is 3. The second kappa shape index (κ2) is 4.90. The van der Waals surface area contributed by atoms with Gasteiger partial charge in [-0.05, 0) is 5.56 Å². The van der Waals surface area contributed by atoms with Crippen molar-refractivity contribution in [2.24, 2.45) is 0 Å². The smallest absolute Gasteiger partial charge is 0.0944 e. The number of hydrogen-bond acceptors (Lipinski definition) is 2. The fourth-order valence-corrected chi connectivity index (χ4v) is 1.99. The number of nitrogens with zero attached hydrogens (tertiary/aromatic N) is 3. The molecule has 2 aromatic carbocycles. The molecule has 0 spiro atoms. The van der Waals surface area contributed by atoms with Crippen LogP contribution in [0.3, 0.4) is 0 Å². The highest BCUT2D eigenvalue weighted by molar-refractivity contribution is 5.70. The van der Waals surface area contributed by atoms with Crippen molar-refractivity contribution >= 4 is 5.70 Å². The highest BCUT2D eigenvalue weighted by Crippen LogP contribution is 2.23. The summed E-state index contributed by atoms with van der Waals surface area (Å²) in [6.45, 7) is 4.11. The molecule has 0 aliphatic heterocycles. The van der Waals surface area contributed by atoms with Gasteiger partial charge in [0.1, 0.15) is 0 Å². The Labute approximate surface area is 111 Å². The molecule has 19 heavy (non-hydrogen) atoms. The van der Waals surface area contributed by atoms with E-state index >= 15 is 0 Å². The van der Waals surface area contributed by atoms with E-state index < -0.39 is 0 Å². The molecule has 92 valence electrons. The van der Waals surface area contributed by atoms with E-state index in [0.29, 0.717) is 0 Å². The van der Waals surface area contributed by atoms with Gasteiger partial charge >= 0.3 is 0 Å². The van der Waals surface area contributed by atoms with Gasteiger partial charge in [-0.25, -0.2) is 4.68 Å². The number of hydrogen-bond donors (Lipinski definition) is 0. The van der Waals surface area contributed by atoms with Gasteiger partial charge in [0.15, 0.2) is 0 Å². The van der Waals surface area contributed by atoms with E-state index in [9.17, 15) is 0 Å². The zero-order valence-electron chi connectivity index (χ0n) is 10.4. The molecule has 0 bridgehead atoms. The summed E-state index contributed by atoms with van der Waals surface area (Å²) >= 11 is 0. The van der Waals surface area contributed by atoms with Crippen molar-refractivity contribution < 1.29 is 0 Å². The Kier molecular flexibility index (Phi) is 2.94. The zero-order valence-corrected chi connectivity index (χ0v) is 10.4. The standard InChI is InChI=1S/C16H13N3/c1-13(14-8-4-2-5-9-14)19-16(12-17-18-19)15-10-6-3-7-11-15/h2-12H,1H2. The molecule has 1 heterocycles. The van der Waals surface area contributed by atoms with Crippen LogP contribution < -0.4 is 0 Å². The molecule has 0 aliphatic carbocycles. The summed E-state index contributed by atoms with van der Waals surface area (Å²) < 4.78 is 1.77. The minimum Gasteiger partial charge on any atom is -0.213 e. The van der Waals surface area contributed by atoms with Crippen molar-refractivity contribution in [3.05, 3.63) is 79.0 Å². The van der Waals surface area contributed by atoms with Crippen molar-refractivity contribution in [3.63, 3.8) is 0 Å². The fraction of sp³-hybridized carbons (Fsp3) is 0. The summed E-state index contributed by atoms with van der Waals surface area (Å²) in [4.78, 5) is 0. The molecule has 3 heteroatoms. The molecule has 0 N–H and O–H groups in total. The molecule has 0 atom stereocenters. The molecular formula is C16H13N3. The Morgan fingerprint density at radius 1 is 0.895 bits per heavy atom. The molecule has 0 saturated heterocycles. The van der Waals surface area contributed by atoms with E-state index in [1.807, 2.05) is 60.7 Å². The summed E-state index contributed by atoms with van der Waals surface area (Å²) in [5.74, 6) is 0. The van der Waals surface area contributed by atoms with E-state index in [-0.39, 0.29) is 0 Å². The summed E-state index contributed by atoms with van der Waals surface area (Å²) in [7, 11) is 0. The molecule has 0 saturated carbocycles. The predicted molar refractivity (Wildman–Crippen MR) is 76.3 cm³/mol. The molecule has 3 aromatic rings. The molecule has 1 aromatic heterocycles. The van der Waals surface area contributed by atoms with Crippen molar-refractivity contribution in [1.29, 1.82) is 0 Å². The normalized spacial score (nSPS) is 10.3. The first-order valence-corrected chi connectivity index (χ1v) is 6.07. The summed E-state index contributed by atoms with van der Waals surface area (Å²) in [5, 5.41) is 8.13. The van der Waals surface area contributed by atoms with Crippen LogP contribution in [-0.4, -0.2) is 15.0 Å². The number of benzene rings is 2. The van der Waals surface area contributed by atoms with Crippen LogP contribution in [-0.2, 0) is 0 Å². The lowest BCUT2D eigenvalue weighted by Crippen LogP contribution is -2.02. The van der Waals surface area contributed by atoms with Crippen molar-refractivity contribution in [3.8, 4) is 11.3 Å². The highest BCUT2D eigenvalue weighted by atomic mass is 15.4. The second-order valence-corrected chi connectivity index (χ2v) is 4.21. The Bertz CT molecular complexity index is 684. The maximum absolute atomic E-state index is 4.14. The Morgan fingerprint density at radius 2 is 1.53 bits per heavy atom. The maximum Gasteiger partial charge on any atom is 0.0944 e. The van der Waals surface area contributed by atoms with Crippen LogP contribution in [0.2, 0.25) is 0 Å². The minimum absolute atomic E-state index is 0.817. The lowest BCUT2D eigenvalue weighted by atomic mass is 10.1. The lowest BCUT2D eigenvalue weighted by molar-refractivity contribution is 0.826. The Hall–Kier alpha value is -2.68. The van der Waals surface area contributed by atoms with Crippen molar-refractivity contribution in [1.82, 2.24) is 15.0 Å². The van der Waals surface area contributed by atoms with Gasteiger partial charge in [0.25, 0.3) is 0 Å². The van der Waals surface area contributed by atoms with Crippen LogP contribution in [0.1, 0.15) is 5.56 Å². The van der Waals surface area contributed by atoms with Gasteiger partial charge in [-0.2, -0.15) is 0 Å². The zero-order chi connectivity index (χ0) is 13.1. The summed E-state index contributed by atoms with van der Waals surface area (Å²) in [6.07, 6.45) is 1.75. The Morgan fingerprint density at radius 3 is 2.21 bits per heavy atom. The quantitative estimate of drug-likeness (QED) is 0.709. The Balaban J connectivity index is 2.04. The van der Waals surface area contributed by atoms with Crippen LogP contribution in [0.4, 0.5) is 0 Å². The first-order valence-electron chi connectivity index (χ1n) is 6.07. The van der Waals surface area contributed by atoms with E-state index in [1.165, 1.54) is 0 Å². The summed E-state index contributed by atoms with van der Waals surface area (Å²) in [6, 6.07) is 20.0. The minimum atomic E-state index is 0.817. The summed E-state index contributed by atoms with van der Waals surface area (Å²) in [5.41, 5.74) is 3.86. The SMILES string of the molecule is C=C(c1ccccc1)n1nncc1-c1ccccc1. The number of rotatable bonds is 3. The van der Waals surface area contributed by atoms with Gasteiger partial charge in [-0.3, -0.25) is 0 Å². The van der Waals surface area contributed by atoms with E-state index in [2.05, 4.69) is 16.9 Å². The van der Waals surface area contributed by atoms with Gasteiger partial charge in [-0.15, -0.1) is 5.10 Å². The molecular weight excluding hydrogens is 234 g/mol. The van der Waals surface area contributed by atoms with E-state index in [1.54, 1.807) is 10.9 Å². The third-order valence-corrected chi connectivity index (χ3v) is 2.98. The van der Waals surface area contributed by atoms with Gasteiger partial charge in [0, 0.05) is 5.56 Å². The average Bonchev–Trinajstić information content (AvgIpc) is 2.98. The molecule has 0 amide bonds. The fourth-order valence-electron chi connectivity index (χ4n) is 1.99. The van der Waals surface area contributed by atoms with Gasteiger partial charge in [0.05, 0.1) is 17.6 Å². The highest BCUT2D eigenvalue weighted by Gasteiger charge is 2.10. The van der Waals surface area contributed by atoms with Crippen molar-refractivity contribution in [2.45, 2.75) is 0 Å². The van der Waals surface area contributed by atoms with E-state index in [0.717, 1.165) is 22.5 Å². The molecule has 3 nitrogen and oxygen atoms in total. The van der Waals surface area contributed by atoms with E-state index in [4.69, 9.17) is 0 Å². The third kappa shape index (κ3) is 2.18. The van der Waals surface area contributed by atoms with Crippen molar-refractivity contribution in [2.75, 3.05) is 0 Å². The van der Waals surface area contributed by atoms with Crippen LogP contribution in [0.5, 0.6) is 0 Å². The molecule has 0 unspecified atom stereocenters. The second-order valence-electron chi connectivity index (χ2n) is 4.21.